The van der Waals surface area contributed by atoms with E-state index in [1.165, 1.54) is 12.1 Å². The number of phenols is 1. The molecular formula is C23H19N3O5S. The number of rotatable bonds is 3. The maximum Gasteiger partial charge on any atom is 0.330 e. The number of hydrogen-bond donors (Lipinski definition) is 4. The number of aliphatic hydroxyl groups is 1. The first kappa shape index (κ1) is 20.0. The highest BCUT2D eigenvalue weighted by Gasteiger charge is 2.31. The van der Waals surface area contributed by atoms with Crippen LogP contribution in [-0.2, 0) is 16.6 Å². The molecule has 1 atom stereocenters. The number of phenolic OH excluding ortho intramolecular Hbond substituents is 1. The fourth-order valence-corrected chi connectivity index (χ4v) is 5.21. The highest BCUT2D eigenvalue weighted by Crippen LogP contribution is 2.37. The smallest absolute Gasteiger partial charge is 0.330 e. The zero-order valence-corrected chi connectivity index (χ0v) is 17.5. The van der Waals surface area contributed by atoms with Gasteiger partial charge in [-0.2, -0.15) is 8.42 Å². The molecular weight excluding hydrogens is 430 g/mol. The Hall–Kier alpha value is -3.98. The van der Waals surface area contributed by atoms with Crippen LogP contribution in [-0.4, -0.2) is 24.5 Å². The largest absolute Gasteiger partial charge is 0.506 e. The van der Waals surface area contributed by atoms with Gasteiger partial charge in [-0.25, -0.2) is 9.03 Å². The van der Waals surface area contributed by atoms with E-state index in [1.807, 2.05) is 47.2 Å². The summed E-state index contributed by atoms with van der Waals surface area (Å²) in [5.41, 5.74) is 4.08. The topological polar surface area (TPSA) is 119 Å². The van der Waals surface area contributed by atoms with E-state index < -0.39 is 16.1 Å². The van der Waals surface area contributed by atoms with Crippen molar-refractivity contribution in [3.8, 4) is 16.9 Å². The average molecular weight is 449 g/mol. The van der Waals surface area contributed by atoms with Gasteiger partial charge < -0.3 is 15.5 Å². The number of amides is 1. The molecule has 0 spiro atoms. The summed E-state index contributed by atoms with van der Waals surface area (Å²) in [7, 11) is -4.01. The maximum atomic E-state index is 12.9. The molecule has 162 valence electrons. The monoisotopic (exact) mass is 449 g/mol. The standard InChI is InChI=1S/C23H19N3O5S/c27-21-12-14(9-10-20(21)26-13-22(28)25-32(26,30)31)11-19-17-7-3-1-5-15(17)16-6-2-4-8-18(16)23(29)24-19/h1-10,12-13,19,25,27-28H,11H2,(H,24,29). The number of anilines is 1. The van der Waals surface area contributed by atoms with E-state index in [0.717, 1.165) is 27.2 Å². The molecule has 2 heterocycles. The molecule has 2 aliphatic heterocycles. The third-order valence-corrected chi connectivity index (χ3v) is 6.84. The summed E-state index contributed by atoms with van der Waals surface area (Å²) in [4.78, 5) is 12.9. The van der Waals surface area contributed by atoms with Crippen LogP contribution < -0.4 is 14.3 Å². The average Bonchev–Trinajstić information content (AvgIpc) is 2.98. The minimum Gasteiger partial charge on any atom is -0.506 e. The molecule has 8 nitrogen and oxygen atoms in total. The number of benzene rings is 3. The quantitative estimate of drug-likeness (QED) is 0.490. The SMILES string of the molecule is O=C1NC(Cc2ccc(N3C=C(O)NS3(=O)=O)c(O)c2)c2ccccc2-c2ccccc21. The molecule has 0 saturated heterocycles. The van der Waals surface area contributed by atoms with Crippen molar-refractivity contribution in [3.05, 3.63) is 95.5 Å². The van der Waals surface area contributed by atoms with Crippen molar-refractivity contribution in [2.24, 2.45) is 0 Å². The Kier molecular flexibility index (Phi) is 4.56. The van der Waals surface area contributed by atoms with Gasteiger partial charge in [-0.3, -0.25) is 4.79 Å². The van der Waals surface area contributed by atoms with Gasteiger partial charge >= 0.3 is 10.2 Å². The van der Waals surface area contributed by atoms with Crippen LogP contribution in [0.15, 0.2) is 78.8 Å². The van der Waals surface area contributed by atoms with Crippen molar-refractivity contribution in [2.75, 3.05) is 4.31 Å². The Morgan fingerprint density at radius 2 is 1.59 bits per heavy atom. The summed E-state index contributed by atoms with van der Waals surface area (Å²) in [5.74, 6) is -0.987. The molecule has 1 amide bonds. The Balaban J connectivity index is 1.50. The predicted molar refractivity (Wildman–Crippen MR) is 119 cm³/mol. The second-order valence-corrected chi connectivity index (χ2v) is 9.15. The van der Waals surface area contributed by atoms with Crippen LogP contribution in [0.5, 0.6) is 5.75 Å². The zero-order valence-electron chi connectivity index (χ0n) is 16.7. The van der Waals surface area contributed by atoms with E-state index in [9.17, 15) is 23.4 Å². The summed E-state index contributed by atoms with van der Waals surface area (Å²) in [6, 6.07) is 19.5. The lowest BCUT2D eigenvalue weighted by molar-refractivity contribution is 0.0939. The molecule has 0 fully saturated rings. The molecule has 1 unspecified atom stereocenters. The van der Waals surface area contributed by atoms with Gasteiger partial charge in [0.15, 0.2) is 0 Å². The Bertz CT molecular complexity index is 1380. The van der Waals surface area contributed by atoms with Gasteiger partial charge in [-0.1, -0.05) is 48.5 Å². The lowest BCUT2D eigenvalue weighted by Crippen LogP contribution is -2.30. The van der Waals surface area contributed by atoms with Crippen molar-refractivity contribution >= 4 is 21.8 Å². The third kappa shape index (κ3) is 3.32. The van der Waals surface area contributed by atoms with Crippen molar-refractivity contribution in [3.63, 3.8) is 0 Å². The number of nitrogens with one attached hydrogen (secondary N) is 2. The summed E-state index contributed by atoms with van der Waals surface area (Å²) in [6.07, 6.45) is 1.36. The molecule has 5 rings (SSSR count). The number of carbonyl (C=O) groups is 1. The molecule has 0 bridgehead atoms. The number of hydrogen-bond acceptors (Lipinski definition) is 5. The van der Waals surface area contributed by atoms with Gasteiger partial charge in [0.2, 0.25) is 5.88 Å². The summed E-state index contributed by atoms with van der Waals surface area (Å²) >= 11 is 0. The second-order valence-electron chi connectivity index (χ2n) is 7.60. The van der Waals surface area contributed by atoms with Gasteiger partial charge in [0, 0.05) is 5.56 Å². The van der Waals surface area contributed by atoms with Crippen LogP contribution in [0.2, 0.25) is 0 Å². The van der Waals surface area contributed by atoms with Crippen LogP contribution in [0, 0.1) is 0 Å². The third-order valence-electron chi connectivity index (χ3n) is 5.55. The molecule has 2 aliphatic rings. The first-order chi connectivity index (χ1) is 15.3. The summed E-state index contributed by atoms with van der Waals surface area (Å²) in [6.45, 7) is 0. The van der Waals surface area contributed by atoms with Gasteiger partial charge in [-0.05, 0) is 46.9 Å². The first-order valence-electron chi connectivity index (χ1n) is 9.87. The predicted octanol–water partition coefficient (Wildman–Crippen LogP) is 3.10. The molecule has 32 heavy (non-hydrogen) atoms. The summed E-state index contributed by atoms with van der Waals surface area (Å²) < 4.78 is 26.9. The van der Waals surface area contributed by atoms with Crippen LogP contribution in [0.3, 0.4) is 0 Å². The lowest BCUT2D eigenvalue weighted by Gasteiger charge is -2.20. The minimum atomic E-state index is -4.01. The number of fused-ring (bicyclic) bond motifs is 3. The molecule has 0 radical (unpaired) electrons. The molecule has 0 aliphatic carbocycles. The van der Waals surface area contributed by atoms with E-state index in [2.05, 4.69) is 5.32 Å². The number of aliphatic hydroxyl groups excluding tert-OH is 1. The van der Waals surface area contributed by atoms with Crippen molar-refractivity contribution in [1.82, 2.24) is 10.0 Å². The van der Waals surface area contributed by atoms with Crippen molar-refractivity contribution in [2.45, 2.75) is 12.5 Å². The Morgan fingerprint density at radius 1 is 0.906 bits per heavy atom. The highest BCUT2D eigenvalue weighted by molar-refractivity contribution is 7.91. The molecule has 3 aromatic carbocycles. The van der Waals surface area contributed by atoms with Gasteiger partial charge in [0.1, 0.15) is 11.4 Å². The fraction of sp³-hybridized carbons (Fsp3) is 0.0870. The van der Waals surface area contributed by atoms with E-state index >= 15 is 0 Å². The molecule has 0 aromatic heterocycles. The minimum absolute atomic E-state index is 0.00278. The van der Waals surface area contributed by atoms with Crippen LogP contribution >= 0.6 is 0 Å². The van der Waals surface area contributed by atoms with E-state index in [-0.39, 0.29) is 23.4 Å². The van der Waals surface area contributed by atoms with Crippen LogP contribution in [0.4, 0.5) is 5.69 Å². The van der Waals surface area contributed by atoms with E-state index in [0.29, 0.717) is 17.5 Å². The summed E-state index contributed by atoms with van der Waals surface area (Å²) in [5, 5.41) is 23.1. The molecule has 0 saturated carbocycles. The lowest BCUT2D eigenvalue weighted by atomic mass is 9.91. The second kappa shape index (κ2) is 7.31. The van der Waals surface area contributed by atoms with Gasteiger partial charge in [-0.15, -0.1) is 0 Å². The Morgan fingerprint density at radius 3 is 2.28 bits per heavy atom. The van der Waals surface area contributed by atoms with E-state index in [1.54, 1.807) is 12.1 Å². The van der Waals surface area contributed by atoms with Crippen molar-refractivity contribution in [1.29, 1.82) is 0 Å². The van der Waals surface area contributed by atoms with Crippen LogP contribution in [0.25, 0.3) is 11.1 Å². The molecule has 3 aromatic rings. The normalized spacial score (nSPS) is 18.6. The molecule has 9 heteroatoms. The first-order valence-corrected chi connectivity index (χ1v) is 11.3. The van der Waals surface area contributed by atoms with Gasteiger partial charge in [0.25, 0.3) is 5.91 Å². The van der Waals surface area contributed by atoms with Crippen molar-refractivity contribution < 1.29 is 23.4 Å². The molecule has 4 N–H and O–H groups in total. The highest BCUT2D eigenvalue weighted by atomic mass is 32.2. The van der Waals surface area contributed by atoms with E-state index in [4.69, 9.17) is 0 Å². The van der Waals surface area contributed by atoms with Gasteiger partial charge in [0.05, 0.1) is 12.2 Å². The number of nitrogens with zero attached hydrogens (tertiary/aromatic N) is 1. The van der Waals surface area contributed by atoms with Crippen LogP contribution in [0.1, 0.15) is 27.5 Å². The zero-order chi connectivity index (χ0) is 22.5. The number of carbonyl (C=O) groups excluding carboxylic acids is 1. The number of aromatic hydroxyl groups is 1. The maximum absolute atomic E-state index is 12.9. The Labute approximate surface area is 184 Å². The fourth-order valence-electron chi connectivity index (χ4n) is 4.14.